The van der Waals surface area contributed by atoms with Crippen LogP contribution in [-0.2, 0) is 11.8 Å². The maximum atomic E-state index is 4.50. The smallest absolute Gasteiger partial charge is 0.0101 e. The maximum Gasteiger partial charge on any atom is -0.0101 e. The molecule has 0 atom stereocenters. The Balaban J connectivity index is -0.000000314. The lowest BCUT2D eigenvalue weighted by molar-refractivity contribution is 0.432. The van der Waals surface area contributed by atoms with Crippen molar-refractivity contribution in [3.63, 3.8) is 0 Å². The molecule has 0 saturated carbocycles. The fourth-order valence-electron chi connectivity index (χ4n) is 2.25. The quantitative estimate of drug-likeness (QED) is 0.624. The van der Waals surface area contributed by atoms with Gasteiger partial charge in [0.1, 0.15) is 0 Å². The molecule has 0 aliphatic heterocycles. The van der Waals surface area contributed by atoms with Gasteiger partial charge >= 0.3 is 0 Å². The fraction of sp³-hybridized carbons (Fsp3) is 0.684. The zero-order valence-electron chi connectivity index (χ0n) is 15.5. The van der Waals surface area contributed by atoms with Gasteiger partial charge in [0.2, 0.25) is 0 Å². The molecule has 0 radical (unpaired) electrons. The fourth-order valence-corrected chi connectivity index (χ4v) is 2.25. The first-order chi connectivity index (χ1) is 9.70. The second kappa shape index (κ2) is 16.2. The first-order valence-corrected chi connectivity index (χ1v) is 8.36. The van der Waals surface area contributed by atoms with Crippen molar-refractivity contribution in [1.29, 1.82) is 0 Å². The highest BCUT2D eigenvalue weighted by Crippen LogP contribution is 2.36. The third-order valence-corrected chi connectivity index (χ3v) is 2.99. The van der Waals surface area contributed by atoms with Crippen LogP contribution in [0.5, 0.6) is 0 Å². The molecule has 1 nitrogen and oxygen atoms in total. The molecule has 1 aromatic carbocycles. The Kier molecular flexibility index (Phi) is 19.7. The molecule has 1 aromatic rings. The third-order valence-electron chi connectivity index (χ3n) is 2.99. The summed E-state index contributed by atoms with van der Waals surface area (Å²) in [5, 5.41) is 0. The van der Waals surface area contributed by atoms with E-state index < -0.39 is 0 Å². The van der Waals surface area contributed by atoms with E-state index in [9.17, 15) is 0 Å². The zero-order chi connectivity index (χ0) is 16.6. The van der Waals surface area contributed by atoms with Crippen LogP contribution in [0.15, 0.2) is 24.3 Å². The van der Waals surface area contributed by atoms with Crippen molar-refractivity contribution in [2.75, 3.05) is 7.05 Å². The van der Waals surface area contributed by atoms with Gasteiger partial charge in [-0.05, 0) is 42.9 Å². The lowest BCUT2D eigenvalue weighted by Crippen LogP contribution is -2.23. The standard InChI is InChI=1S/C12H16.3C2H6.CH5N/c1-12(2)9-5-7-10-6-3-4-8-11(10)12;4*1-2/h3-4,6,8H,5,7,9H2,1-2H3;3*1-2H3;2H2,1H3. The monoisotopic (exact) mass is 281 g/mol. The van der Waals surface area contributed by atoms with Crippen LogP contribution in [0, 0.1) is 0 Å². The molecule has 0 saturated heterocycles. The van der Waals surface area contributed by atoms with Gasteiger partial charge in [-0.25, -0.2) is 0 Å². The molecule has 120 valence electrons. The molecule has 20 heavy (non-hydrogen) atoms. The Morgan fingerprint density at radius 3 is 1.75 bits per heavy atom. The Labute approximate surface area is 129 Å². The summed E-state index contributed by atoms with van der Waals surface area (Å²) in [6, 6.07) is 8.87. The van der Waals surface area contributed by atoms with E-state index >= 15 is 0 Å². The SMILES string of the molecule is CC.CC.CC.CC1(C)CCCc2ccccc21.CN. The van der Waals surface area contributed by atoms with E-state index in [1.165, 1.54) is 26.3 Å². The second-order valence-corrected chi connectivity index (χ2v) is 4.39. The summed E-state index contributed by atoms with van der Waals surface area (Å²) in [7, 11) is 1.50. The van der Waals surface area contributed by atoms with Gasteiger partial charge in [-0.15, -0.1) is 0 Å². The van der Waals surface area contributed by atoms with E-state index in [0.717, 1.165) is 0 Å². The van der Waals surface area contributed by atoms with Crippen molar-refractivity contribution >= 4 is 0 Å². The zero-order valence-corrected chi connectivity index (χ0v) is 15.5. The number of rotatable bonds is 0. The molecular weight excluding hydrogens is 242 g/mol. The predicted octanol–water partition coefficient (Wildman–Crippen LogP) is 5.95. The summed E-state index contributed by atoms with van der Waals surface area (Å²) in [5.74, 6) is 0. The lowest BCUT2D eigenvalue weighted by atomic mass is 9.73. The number of aryl methyl sites for hydroxylation is 1. The summed E-state index contributed by atoms with van der Waals surface area (Å²) in [5.41, 5.74) is 8.04. The molecule has 0 aromatic heterocycles. The van der Waals surface area contributed by atoms with Crippen LogP contribution < -0.4 is 5.73 Å². The molecule has 0 bridgehead atoms. The average molecular weight is 282 g/mol. The molecule has 0 spiro atoms. The Hall–Kier alpha value is -0.820. The highest BCUT2D eigenvalue weighted by atomic mass is 14.4. The number of fused-ring (bicyclic) bond motifs is 1. The molecular formula is C19H39N. The van der Waals surface area contributed by atoms with Crippen molar-refractivity contribution < 1.29 is 0 Å². The Bertz CT molecular complexity index is 290. The van der Waals surface area contributed by atoms with Crippen LogP contribution in [-0.4, -0.2) is 7.05 Å². The van der Waals surface area contributed by atoms with Crippen LogP contribution >= 0.6 is 0 Å². The normalized spacial score (nSPS) is 13.3. The summed E-state index contributed by atoms with van der Waals surface area (Å²) < 4.78 is 0. The number of benzene rings is 1. The summed E-state index contributed by atoms with van der Waals surface area (Å²) in [6.45, 7) is 16.7. The molecule has 2 rings (SSSR count). The summed E-state index contributed by atoms with van der Waals surface area (Å²) >= 11 is 0. The highest BCUT2D eigenvalue weighted by molar-refractivity contribution is 5.35. The van der Waals surface area contributed by atoms with Crippen LogP contribution in [0.25, 0.3) is 0 Å². The molecule has 0 amide bonds. The molecule has 2 N–H and O–H groups in total. The van der Waals surface area contributed by atoms with Crippen LogP contribution in [0.1, 0.15) is 79.4 Å². The van der Waals surface area contributed by atoms with Crippen LogP contribution in [0.4, 0.5) is 0 Å². The summed E-state index contributed by atoms with van der Waals surface area (Å²) in [4.78, 5) is 0. The molecule has 1 aliphatic rings. The predicted molar refractivity (Wildman–Crippen MR) is 96.6 cm³/mol. The van der Waals surface area contributed by atoms with Crippen molar-refractivity contribution in [3.05, 3.63) is 35.4 Å². The molecule has 1 aliphatic carbocycles. The lowest BCUT2D eigenvalue weighted by Gasteiger charge is -2.32. The number of hydrogen-bond donors (Lipinski definition) is 1. The largest absolute Gasteiger partial charge is 0.333 e. The van der Waals surface area contributed by atoms with Crippen LogP contribution in [0.2, 0.25) is 0 Å². The number of nitrogens with two attached hydrogens (primary N) is 1. The van der Waals surface area contributed by atoms with Gasteiger partial charge in [0.25, 0.3) is 0 Å². The van der Waals surface area contributed by atoms with E-state index in [1.807, 2.05) is 41.5 Å². The van der Waals surface area contributed by atoms with Gasteiger partial charge in [-0.1, -0.05) is 79.7 Å². The van der Waals surface area contributed by atoms with Crippen molar-refractivity contribution in [2.24, 2.45) is 5.73 Å². The minimum Gasteiger partial charge on any atom is -0.333 e. The van der Waals surface area contributed by atoms with E-state index in [4.69, 9.17) is 0 Å². The minimum absolute atomic E-state index is 0.412. The van der Waals surface area contributed by atoms with Gasteiger partial charge in [-0.2, -0.15) is 0 Å². The van der Waals surface area contributed by atoms with Crippen molar-refractivity contribution in [3.8, 4) is 0 Å². The van der Waals surface area contributed by atoms with Gasteiger partial charge in [-0.3, -0.25) is 0 Å². The Morgan fingerprint density at radius 2 is 1.30 bits per heavy atom. The summed E-state index contributed by atoms with van der Waals surface area (Å²) in [6.07, 6.45) is 3.97. The third kappa shape index (κ3) is 8.37. The van der Waals surface area contributed by atoms with Gasteiger partial charge in [0.15, 0.2) is 0 Å². The average Bonchev–Trinajstić information content (AvgIpc) is 2.55. The van der Waals surface area contributed by atoms with Gasteiger partial charge in [0, 0.05) is 0 Å². The highest BCUT2D eigenvalue weighted by Gasteiger charge is 2.26. The van der Waals surface area contributed by atoms with Crippen molar-refractivity contribution in [2.45, 2.75) is 80.1 Å². The van der Waals surface area contributed by atoms with E-state index in [-0.39, 0.29) is 0 Å². The molecule has 0 heterocycles. The van der Waals surface area contributed by atoms with Gasteiger partial charge < -0.3 is 5.73 Å². The first kappa shape index (κ1) is 24.2. The topological polar surface area (TPSA) is 26.0 Å². The Morgan fingerprint density at radius 1 is 0.850 bits per heavy atom. The maximum absolute atomic E-state index is 4.50. The van der Waals surface area contributed by atoms with Crippen molar-refractivity contribution in [1.82, 2.24) is 0 Å². The second-order valence-electron chi connectivity index (χ2n) is 4.39. The molecule has 0 unspecified atom stereocenters. The molecule has 1 heteroatoms. The first-order valence-electron chi connectivity index (χ1n) is 8.36. The number of hydrogen-bond acceptors (Lipinski definition) is 1. The van der Waals surface area contributed by atoms with E-state index in [1.54, 1.807) is 11.1 Å². The van der Waals surface area contributed by atoms with Gasteiger partial charge in [0.05, 0.1) is 0 Å². The van der Waals surface area contributed by atoms with Crippen LogP contribution in [0.3, 0.4) is 0 Å². The van der Waals surface area contributed by atoms with E-state index in [2.05, 4.69) is 43.8 Å². The molecule has 0 fully saturated rings. The minimum atomic E-state index is 0.412. The van der Waals surface area contributed by atoms with E-state index in [0.29, 0.717) is 5.41 Å².